The van der Waals surface area contributed by atoms with Crippen molar-refractivity contribution in [2.75, 3.05) is 5.32 Å². The van der Waals surface area contributed by atoms with Crippen molar-refractivity contribution in [3.8, 4) is 5.69 Å². The van der Waals surface area contributed by atoms with Crippen molar-refractivity contribution in [3.05, 3.63) is 100 Å². The Bertz CT molecular complexity index is 1030. The van der Waals surface area contributed by atoms with Crippen LogP contribution < -0.4 is 5.32 Å². The van der Waals surface area contributed by atoms with E-state index in [9.17, 15) is 0 Å². The van der Waals surface area contributed by atoms with Crippen molar-refractivity contribution in [2.45, 2.75) is 17.5 Å². The van der Waals surface area contributed by atoms with E-state index in [0.29, 0.717) is 17.3 Å². The van der Waals surface area contributed by atoms with Gasteiger partial charge in [0.15, 0.2) is 11.0 Å². The van der Waals surface area contributed by atoms with Gasteiger partial charge in [-0.25, -0.2) is 0 Å². The second-order valence-corrected chi connectivity index (χ2v) is 8.04. The van der Waals surface area contributed by atoms with Crippen LogP contribution in [0.2, 0.25) is 10.0 Å². The number of thioether (sulfide) groups is 1. The Morgan fingerprint density at radius 1 is 0.793 bits per heavy atom. The monoisotopic (exact) mass is 440 g/mol. The summed E-state index contributed by atoms with van der Waals surface area (Å²) in [6, 6.07) is 25.6. The molecule has 0 spiro atoms. The maximum Gasteiger partial charge on any atom is 0.196 e. The number of anilines is 1. The number of hydrogen-bond donors (Lipinski definition) is 1. The lowest BCUT2D eigenvalue weighted by Gasteiger charge is -2.12. The van der Waals surface area contributed by atoms with Crippen LogP contribution in [-0.4, -0.2) is 14.8 Å². The average Bonchev–Trinajstić information content (AvgIpc) is 3.16. The summed E-state index contributed by atoms with van der Waals surface area (Å²) in [4.78, 5) is 0. The van der Waals surface area contributed by atoms with E-state index < -0.39 is 0 Å². The molecule has 4 rings (SSSR count). The van der Waals surface area contributed by atoms with Gasteiger partial charge in [-0.05, 0) is 35.9 Å². The number of benzene rings is 3. The summed E-state index contributed by atoms with van der Waals surface area (Å²) in [5.74, 6) is 1.51. The van der Waals surface area contributed by atoms with Crippen LogP contribution >= 0.6 is 35.0 Å². The molecule has 1 N–H and O–H groups in total. The first-order valence-electron chi connectivity index (χ1n) is 9.06. The Labute approximate surface area is 183 Å². The lowest BCUT2D eigenvalue weighted by atomic mass is 10.2. The Morgan fingerprint density at radius 3 is 2.24 bits per heavy atom. The van der Waals surface area contributed by atoms with Crippen LogP contribution in [0.25, 0.3) is 5.69 Å². The SMILES string of the molecule is Clc1ccccc1CSc1nnc(CNc2ccccc2Cl)n1-c1ccccc1. The number of nitrogens with one attached hydrogen (secondary N) is 1. The predicted molar refractivity (Wildman–Crippen MR) is 121 cm³/mol. The first-order chi connectivity index (χ1) is 14.2. The highest BCUT2D eigenvalue weighted by Crippen LogP contribution is 2.28. The van der Waals surface area contributed by atoms with E-state index in [2.05, 4.69) is 20.1 Å². The quantitative estimate of drug-likeness (QED) is 0.334. The molecule has 0 bridgehead atoms. The Kier molecular flexibility index (Phi) is 6.39. The molecule has 146 valence electrons. The molecule has 4 nitrogen and oxygen atoms in total. The summed E-state index contributed by atoms with van der Waals surface area (Å²) in [6.45, 7) is 0.498. The van der Waals surface area contributed by atoms with E-state index in [1.54, 1.807) is 11.8 Å². The smallest absolute Gasteiger partial charge is 0.196 e. The number of hydrogen-bond acceptors (Lipinski definition) is 4. The highest BCUT2D eigenvalue weighted by Gasteiger charge is 2.15. The maximum atomic E-state index is 6.31. The van der Waals surface area contributed by atoms with Crippen LogP contribution in [0.3, 0.4) is 0 Å². The molecule has 0 atom stereocenters. The van der Waals surface area contributed by atoms with E-state index >= 15 is 0 Å². The van der Waals surface area contributed by atoms with E-state index in [1.807, 2.05) is 78.9 Å². The van der Waals surface area contributed by atoms with Crippen LogP contribution in [0.4, 0.5) is 5.69 Å². The number of para-hydroxylation sites is 2. The van der Waals surface area contributed by atoms with Crippen LogP contribution in [0, 0.1) is 0 Å². The molecular weight excluding hydrogens is 423 g/mol. The molecule has 0 unspecified atom stereocenters. The van der Waals surface area contributed by atoms with Gasteiger partial charge in [-0.15, -0.1) is 10.2 Å². The number of aromatic nitrogens is 3. The molecule has 0 aliphatic rings. The molecule has 1 heterocycles. The van der Waals surface area contributed by atoms with Gasteiger partial charge in [-0.1, -0.05) is 83.5 Å². The highest BCUT2D eigenvalue weighted by molar-refractivity contribution is 7.98. The third-order valence-electron chi connectivity index (χ3n) is 4.34. The summed E-state index contributed by atoms with van der Waals surface area (Å²) in [7, 11) is 0. The minimum absolute atomic E-state index is 0.498. The Hall–Kier alpha value is -2.47. The van der Waals surface area contributed by atoms with Gasteiger partial charge in [-0.2, -0.15) is 0 Å². The van der Waals surface area contributed by atoms with Gasteiger partial charge in [0, 0.05) is 16.5 Å². The normalized spacial score (nSPS) is 10.8. The molecular formula is C22H18Cl2N4S. The molecule has 0 saturated carbocycles. The fourth-order valence-corrected chi connectivity index (χ4v) is 4.34. The summed E-state index contributed by atoms with van der Waals surface area (Å²) in [6.07, 6.45) is 0. The lowest BCUT2D eigenvalue weighted by molar-refractivity contribution is 0.841. The largest absolute Gasteiger partial charge is 0.377 e. The van der Waals surface area contributed by atoms with Crippen molar-refractivity contribution >= 4 is 40.7 Å². The van der Waals surface area contributed by atoms with Crippen LogP contribution in [0.5, 0.6) is 0 Å². The van der Waals surface area contributed by atoms with Gasteiger partial charge in [0.1, 0.15) is 0 Å². The zero-order chi connectivity index (χ0) is 20.1. The predicted octanol–water partition coefficient (Wildman–Crippen LogP) is 6.48. The highest BCUT2D eigenvalue weighted by atomic mass is 35.5. The van der Waals surface area contributed by atoms with Gasteiger partial charge in [-0.3, -0.25) is 4.57 Å². The summed E-state index contributed by atoms with van der Waals surface area (Å²) in [5.41, 5.74) is 2.94. The number of halogens is 2. The van der Waals surface area contributed by atoms with Crippen molar-refractivity contribution < 1.29 is 0 Å². The fourth-order valence-electron chi connectivity index (χ4n) is 2.88. The van der Waals surface area contributed by atoms with E-state index in [4.69, 9.17) is 23.2 Å². The molecule has 0 fully saturated rings. The molecule has 0 saturated heterocycles. The fraction of sp³-hybridized carbons (Fsp3) is 0.0909. The minimum atomic E-state index is 0.498. The summed E-state index contributed by atoms with van der Waals surface area (Å²) in [5, 5.41) is 14.4. The third-order valence-corrected chi connectivity index (χ3v) is 6.02. The molecule has 0 aliphatic heterocycles. The van der Waals surface area contributed by atoms with Crippen LogP contribution in [0.1, 0.15) is 11.4 Å². The van der Waals surface area contributed by atoms with Crippen molar-refractivity contribution in [1.29, 1.82) is 0 Å². The van der Waals surface area contributed by atoms with Crippen molar-refractivity contribution in [3.63, 3.8) is 0 Å². The van der Waals surface area contributed by atoms with E-state index in [0.717, 1.165) is 32.9 Å². The molecule has 0 aliphatic carbocycles. The van der Waals surface area contributed by atoms with Gasteiger partial charge < -0.3 is 5.32 Å². The van der Waals surface area contributed by atoms with E-state index in [-0.39, 0.29) is 0 Å². The van der Waals surface area contributed by atoms with Gasteiger partial charge in [0.2, 0.25) is 0 Å². The second-order valence-electron chi connectivity index (χ2n) is 6.28. The zero-order valence-corrected chi connectivity index (χ0v) is 17.8. The van der Waals surface area contributed by atoms with Crippen LogP contribution in [0.15, 0.2) is 84.0 Å². The Morgan fingerprint density at radius 2 is 1.48 bits per heavy atom. The second kappa shape index (κ2) is 9.35. The number of rotatable bonds is 7. The third kappa shape index (κ3) is 4.75. The minimum Gasteiger partial charge on any atom is -0.377 e. The van der Waals surface area contributed by atoms with Crippen LogP contribution in [-0.2, 0) is 12.3 Å². The van der Waals surface area contributed by atoms with Crippen molar-refractivity contribution in [2.24, 2.45) is 0 Å². The maximum absolute atomic E-state index is 6.31. The van der Waals surface area contributed by atoms with Gasteiger partial charge in [0.25, 0.3) is 0 Å². The first kappa shape index (κ1) is 19.8. The average molecular weight is 441 g/mol. The molecule has 7 heteroatoms. The standard InChI is InChI=1S/C22H18Cl2N4S/c23-18-11-5-4-8-16(18)15-29-22-27-26-21(28(22)17-9-2-1-3-10-17)14-25-20-13-7-6-12-19(20)24/h1-13,25H,14-15H2. The summed E-state index contributed by atoms with van der Waals surface area (Å²) >= 11 is 14.2. The lowest BCUT2D eigenvalue weighted by Crippen LogP contribution is -2.08. The zero-order valence-electron chi connectivity index (χ0n) is 15.4. The van der Waals surface area contributed by atoms with E-state index in [1.165, 1.54) is 0 Å². The molecule has 29 heavy (non-hydrogen) atoms. The summed E-state index contributed by atoms with van der Waals surface area (Å²) < 4.78 is 2.06. The molecule has 3 aromatic carbocycles. The topological polar surface area (TPSA) is 42.7 Å². The first-order valence-corrected chi connectivity index (χ1v) is 10.8. The van der Waals surface area contributed by atoms with Gasteiger partial charge >= 0.3 is 0 Å². The number of nitrogens with zero attached hydrogens (tertiary/aromatic N) is 3. The molecule has 1 aromatic heterocycles. The molecule has 0 radical (unpaired) electrons. The molecule has 4 aromatic rings. The van der Waals surface area contributed by atoms with Gasteiger partial charge in [0.05, 0.1) is 17.3 Å². The Balaban J connectivity index is 1.60. The van der Waals surface area contributed by atoms with Crippen molar-refractivity contribution in [1.82, 2.24) is 14.8 Å². The molecule has 0 amide bonds.